The Morgan fingerprint density at radius 1 is 1.19 bits per heavy atom. The largest absolute Gasteiger partial charge is 0.497 e. The number of methoxy groups -OCH3 is 1. The molecular weight excluding hydrogens is 410 g/mol. The molecule has 1 N–H and O–H groups in total. The van der Waals surface area contributed by atoms with Crippen molar-refractivity contribution in [2.75, 3.05) is 20.3 Å². The molecule has 0 saturated carbocycles. The van der Waals surface area contributed by atoms with E-state index < -0.39 is 0 Å². The molecule has 168 valence electrons. The number of H-pyrrole nitrogens is 1. The summed E-state index contributed by atoms with van der Waals surface area (Å²) >= 11 is 0. The Morgan fingerprint density at radius 3 is 2.75 bits per heavy atom. The zero-order valence-electron chi connectivity index (χ0n) is 18.1. The van der Waals surface area contributed by atoms with E-state index in [1.165, 1.54) is 4.68 Å². The summed E-state index contributed by atoms with van der Waals surface area (Å²) in [7, 11) is 1.61. The SMILES string of the molecule is COc1cccc(CN(CC2CCCO2)C(=O)CCn2[nH]c(=O)c3ccccc3c2=O)c1. The number of carbonyl (C=O) groups excluding carboxylic acids is 1. The highest BCUT2D eigenvalue weighted by molar-refractivity contribution is 5.80. The summed E-state index contributed by atoms with van der Waals surface area (Å²) in [5.74, 6) is 0.622. The Bertz CT molecular complexity index is 1210. The van der Waals surface area contributed by atoms with E-state index in [0.717, 1.165) is 24.2 Å². The third-order valence-corrected chi connectivity index (χ3v) is 5.74. The molecule has 1 saturated heterocycles. The molecule has 1 aliphatic rings. The number of hydrogen-bond acceptors (Lipinski definition) is 5. The molecule has 0 aliphatic carbocycles. The second kappa shape index (κ2) is 9.82. The van der Waals surface area contributed by atoms with Gasteiger partial charge in [-0.25, -0.2) is 4.68 Å². The van der Waals surface area contributed by atoms with Gasteiger partial charge in [-0.1, -0.05) is 24.3 Å². The van der Waals surface area contributed by atoms with Gasteiger partial charge in [0.15, 0.2) is 0 Å². The van der Waals surface area contributed by atoms with E-state index in [0.29, 0.717) is 30.5 Å². The van der Waals surface area contributed by atoms with E-state index in [-0.39, 0.29) is 36.1 Å². The number of amides is 1. The molecule has 4 rings (SSSR count). The molecule has 1 fully saturated rings. The van der Waals surface area contributed by atoms with Gasteiger partial charge < -0.3 is 14.4 Å². The van der Waals surface area contributed by atoms with E-state index in [1.54, 1.807) is 36.3 Å². The summed E-state index contributed by atoms with van der Waals surface area (Å²) in [6.45, 7) is 1.70. The summed E-state index contributed by atoms with van der Waals surface area (Å²) < 4.78 is 12.3. The first kappa shape index (κ1) is 21.8. The fraction of sp³-hybridized carbons (Fsp3) is 0.375. The monoisotopic (exact) mass is 437 g/mol. The predicted molar refractivity (Wildman–Crippen MR) is 121 cm³/mol. The molecule has 2 aromatic carbocycles. The van der Waals surface area contributed by atoms with Crippen molar-refractivity contribution < 1.29 is 14.3 Å². The summed E-state index contributed by atoms with van der Waals surface area (Å²) in [5, 5.41) is 3.28. The summed E-state index contributed by atoms with van der Waals surface area (Å²) in [5.41, 5.74) is 0.290. The van der Waals surface area contributed by atoms with Crippen LogP contribution in [-0.2, 0) is 22.6 Å². The minimum Gasteiger partial charge on any atom is -0.497 e. The van der Waals surface area contributed by atoms with E-state index in [2.05, 4.69) is 5.10 Å². The normalized spacial score (nSPS) is 15.7. The van der Waals surface area contributed by atoms with Gasteiger partial charge >= 0.3 is 0 Å². The fourth-order valence-electron chi connectivity index (χ4n) is 4.05. The molecule has 3 aromatic rings. The Hall–Kier alpha value is -3.39. The average Bonchev–Trinajstić information content (AvgIpc) is 3.33. The van der Waals surface area contributed by atoms with Gasteiger partial charge in [-0.15, -0.1) is 0 Å². The van der Waals surface area contributed by atoms with Crippen molar-refractivity contribution in [1.82, 2.24) is 14.7 Å². The molecule has 0 radical (unpaired) electrons. The molecule has 1 atom stereocenters. The molecule has 8 nitrogen and oxygen atoms in total. The van der Waals surface area contributed by atoms with Gasteiger partial charge in [-0.3, -0.25) is 19.5 Å². The minimum absolute atomic E-state index is 0.00718. The van der Waals surface area contributed by atoms with Crippen LogP contribution in [-0.4, -0.2) is 47.0 Å². The molecule has 1 amide bonds. The highest BCUT2D eigenvalue weighted by atomic mass is 16.5. The quantitative estimate of drug-likeness (QED) is 0.584. The molecular formula is C24H27N3O5. The summed E-state index contributed by atoms with van der Waals surface area (Å²) in [6.07, 6.45) is 2.00. The maximum Gasteiger partial charge on any atom is 0.273 e. The molecule has 8 heteroatoms. The van der Waals surface area contributed by atoms with Crippen LogP contribution in [0.5, 0.6) is 5.75 Å². The van der Waals surface area contributed by atoms with Crippen LogP contribution in [0.3, 0.4) is 0 Å². The Labute approximate surface area is 185 Å². The van der Waals surface area contributed by atoms with Crippen molar-refractivity contribution in [2.45, 2.75) is 38.5 Å². The highest BCUT2D eigenvalue weighted by Crippen LogP contribution is 2.18. The summed E-state index contributed by atoms with van der Waals surface area (Å²) in [6, 6.07) is 14.3. The smallest absolute Gasteiger partial charge is 0.273 e. The number of carbonyl (C=O) groups is 1. The first-order chi connectivity index (χ1) is 15.5. The van der Waals surface area contributed by atoms with Crippen molar-refractivity contribution in [3.05, 3.63) is 74.8 Å². The van der Waals surface area contributed by atoms with Crippen molar-refractivity contribution in [1.29, 1.82) is 0 Å². The van der Waals surface area contributed by atoms with Crippen LogP contribution in [0.25, 0.3) is 10.8 Å². The van der Waals surface area contributed by atoms with Crippen LogP contribution in [0, 0.1) is 0 Å². The molecule has 32 heavy (non-hydrogen) atoms. The van der Waals surface area contributed by atoms with Crippen molar-refractivity contribution in [3.8, 4) is 5.75 Å². The Balaban J connectivity index is 1.51. The lowest BCUT2D eigenvalue weighted by molar-refractivity contribution is -0.133. The number of nitrogens with zero attached hydrogens (tertiary/aromatic N) is 2. The fourth-order valence-corrected chi connectivity index (χ4v) is 4.05. The second-order valence-corrected chi connectivity index (χ2v) is 7.95. The van der Waals surface area contributed by atoms with Gasteiger partial charge in [0, 0.05) is 26.1 Å². The van der Waals surface area contributed by atoms with E-state index in [1.807, 2.05) is 24.3 Å². The average molecular weight is 437 g/mol. The van der Waals surface area contributed by atoms with E-state index in [4.69, 9.17) is 9.47 Å². The highest BCUT2D eigenvalue weighted by Gasteiger charge is 2.23. The molecule has 0 spiro atoms. The Kier molecular flexibility index (Phi) is 6.70. The van der Waals surface area contributed by atoms with Gasteiger partial charge in [-0.2, -0.15) is 0 Å². The number of hydrogen-bond donors (Lipinski definition) is 1. The maximum atomic E-state index is 13.2. The molecule has 0 bridgehead atoms. The van der Waals surface area contributed by atoms with Crippen molar-refractivity contribution >= 4 is 16.7 Å². The van der Waals surface area contributed by atoms with Crippen LogP contribution < -0.4 is 15.9 Å². The van der Waals surface area contributed by atoms with Crippen LogP contribution >= 0.6 is 0 Å². The van der Waals surface area contributed by atoms with E-state index in [9.17, 15) is 14.4 Å². The number of fused-ring (bicyclic) bond motifs is 1. The lowest BCUT2D eigenvalue weighted by Gasteiger charge is -2.26. The maximum absolute atomic E-state index is 13.2. The standard InChI is InChI=1S/C24H27N3O5/c1-31-18-7-4-6-17(14-18)15-26(16-19-8-5-13-32-19)22(28)11-12-27-24(30)21-10-3-2-9-20(21)23(29)25-27/h2-4,6-7,9-10,14,19H,5,8,11-13,15-16H2,1H3,(H,25,29). The van der Waals surface area contributed by atoms with Crippen molar-refractivity contribution in [3.63, 3.8) is 0 Å². The lowest BCUT2D eigenvalue weighted by Crippen LogP contribution is -2.38. The number of rotatable bonds is 8. The molecule has 2 heterocycles. The first-order valence-electron chi connectivity index (χ1n) is 10.8. The number of aromatic amines is 1. The van der Waals surface area contributed by atoms with Gasteiger partial charge in [0.1, 0.15) is 5.75 Å². The minimum atomic E-state index is -0.347. The van der Waals surface area contributed by atoms with Gasteiger partial charge in [-0.05, 0) is 42.7 Å². The molecule has 1 aromatic heterocycles. The molecule has 1 unspecified atom stereocenters. The van der Waals surface area contributed by atoms with Crippen LogP contribution in [0.2, 0.25) is 0 Å². The number of aryl methyl sites for hydroxylation is 1. The third-order valence-electron chi connectivity index (χ3n) is 5.74. The van der Waals surface area contributed by atoms with E-state index >= 15 is 0 Å². The lowest BCUT2D eigenvalue weighted by atomic mass is 10.1. The zero-order valence-corrected chi connectivity index (χ0v) is 18.1. The van der Waals surface area contributed by atoms with Crippen LogP contribution in [0.4, 0.5) is 0 Å². The number of benzene rings is 2. The van der Waals surface area contributed by atoms with Gasteiger partial charge in [0.05, 0.1) is 30.5 Å². The topological polar surface area (TPSA) is 93.6 Å². The van der Waals surface area contributed by atoms with Crippen molar-refractivity contribution in [2.24, 2.45) is 0 Å². The Morgan fingerprint density at radius 2 is 2.00 bits per heavy atom. The van der Waals surface area contributed by atoms with Crippen LogP contribution in [0.1, 0.15) is 24.8 Å². The van der Waals surface area contributed by atoms with Gasteiger partial charge in [0.2, 0.25) is 5.91 Å². The second-order valence-electron chi connectivity index (χ2n) is 7.95. The number of aromatic nitrogens is 2. The predicted octanol–water partition coefficient (Wildman–Crippen LogP) is 2.30. The zero-order chi connectivity index (χ0) is 22.5. The van der Waals surface area contributed by atoms with Crippen LogP contribution in [0.15, 0.2) is 58.1 Å². The number of nitrogens with one attached hydrogen (secondary N) is 1. The molecule has 1 aliphatic heterocycles. The summed E-state index contributed by atoms with van der Waals surface area (Å²) in [4.78, 5) is 40.0. The third kappa shape index (κ3) is 4.91. The van der Waals surface area contributed by atoms with Gasteiger partial charge in [0.25, 0.3) is 11.1 Å². The number of ether oxygens (including phenoxy) is 2. The first-order valence-corrected chi connectivity index (χ1v) is 10.8.